The third-order valence-electron chi connectivity index (χ3n) is 3.97. The third kappa shape index (κ3) is 5.05. The topological polar surface area (TPSA) is 63.4 Å². The molecule has 1 aliphatic heterocycles. The highest BCUT2D eigenvalue weighted by Crippen LogP contribution is 2.21. The Morgan fingerprint density at radius 3 is 2.62 bits per heavy atom. The molecular formula is C16H21ClN2O2. The van der Waals surface area contributed by atoms with E-state index in [4.69, 9.17) is 17.3 Å². The number of amides is 2. The van der Waals surface area contributed by atoms with Gasteiger partial charge in [0.1, 0.15) is 0 Å². The molecule has 1 aromatic rings. The number of nitrogens with two attached hydrogens (primary N) is 1. The number of carbonyl (C=O) groups is 2. The van der Waals surface area contributed by atoms with Crippen molar-refractivity contribution in [3.8, 4) is 0 Å². The van der Waals surface area contributed by atoms with Gasteiger partial charge in [-0.2, -0.15) is 0 Å². The predicted molar refractivity (Wildman–Crippen MR) is 82.9 cm³/mol. The molecule has 0 saturated carbocycles. The van der Waals surface area contributed by atoms with E-state index in [1.807, 2.05) is 29.2 Å². The van der Waals surface area contributed by atoms with Gasteiger partial charge in [0.25, 0.3) is 0 Å². The van der Waals surface area contributed by atoms with Crippen LogP contribution in [0.5, 0.6) is 0 Å². The van der Waals surface area contributed by atoms with Crippen LogP contribution in [0.15, 0.2) is 24.3 Å². The predicted octanol–water partition coefficient (Wildman–Crippen LogP) is 2.39. The van der Waals surface area contributed by atoms with Crippen molar-refractivity contribution in [2.45, 2.75) is 32.1 Å². The summed E-state index contributed by atoms with van der Waals surface area (Å²) in [5.74, 6) is 0.257. The Morgan fingerprint density at radius 2 is 2.00 bits per heavy atom. The zero-order valence-corrected chi connectivity index (χ0v) is 12.8. The van der Waals surface area contributed by atoms with Crippen LogP contribution >= 0.6 is 11.6 Å². The van der Waals surface area contributed by atoms with Gasteiger partial charge < -0.3 is 10.6 Å². The first-order valence-corrected chi connectivity index (χ1v) is 7.73. The van der Waals surface area contributed by atoms with E-state index in [0.717, 1.165) is 31.5 Å². The van der Waals surface area contributed by atoms with Gasteiger partial charge in [0.2, 0.25) is 11.8 Å². The Balaban J connectivity index is 1.76. The number of carbonyl (C=O) groups excluding carboxylic acids is 2. The number of nitrogens with zero attached hydrogens (tertiary/aromatic N) is 1. The van der Waals surface area contributed by atoms with Crippen molar-refractivity contribution in [3.63, 3.8) is 0 Å². The van der Waals surface area contributed by atoms with Crippen LogP contribution in [-0.2, 0) is 16.0 Å². The normalized spacial score (nSPS) is 16.0. The lowest BCUT2D eigenvalue weighted by molar-refractivity contribution is -0.132. The lowest BCUT2D eigenvalue weighted by Crippen LogP contribution is -2.39. The van der Waals surface area contributed by atoms with Crippen LogP contribution in [-0.4, -0.2) is 29.8 Å². The summed E-state index contributed by atoms with van der Waals surface area (Å²) in [6.45, 7) is 1.46. The Labute approximate surface area is 130 Å². The zero-order valence-electron chi connectivity index (χ0n) is 12.1. The molecule has 0 bridgehead atoms. The van der Waals surface area contributed by atoms with E-state index >= 15 is 0 Å². The summed E-state index contributed by atoms with van der Waals surface area (Å²) >= 11 is 5.93. The van der Waals surface area contributed by atoms with Gasteiger partial charge in [-0.15, -0.1) is 0 Å². The van der Waals surface area contributed by atoms with Crippen LogP contribution in [0.3, 0.4) is 0 Å². The first kappa shape index (κ1) is 15.8. The molecule has 0 aliphatic carbocycles. The minimum atomic E-state index is -0.249. The first-order valence-electron chi connectivity index (χ1n) is 7.35. The molecule has 4 nitrogen and oxygen atoms in total. The van der Waals surface area contributed by atoms with Gasteiger partial charge in [0.15, 0.2) is 0 Å². The van der Waals surface area contributed by atoms with Crippen molar-refractivity contribution < 1.29 is 9.59 Å². The molecule has 0 unspecified atom stereocenters. The Bertz CT molecular complexity index is 511. The van der Waals surface area contributed by atoms with Gasteiger partial charge in [-0.1, -0.05) is 23.7 Å². The molecule has 0 atom stereocenters. The van der Waals surface area contributed by atoms with Crippen molar-refractivity contribution >= 4 is 23.4 Å². The van der Waals surface area contributed by atoms with Crippen molar-refractivity contribution in [1.82, 2.24) is 4.90 Å². The van der Waals surface area contributed by atoms with E-state index < -0.39 is 0 Å². The molecule has 2 N–H and O–H groups in total. The summed E-state index contributed by atoms with van der Waals surface area (Å²) in [7, 11) is 0. The third-order valence-corrected chi connectivity index (χ3v) is 4.21. The monoisotopic (exact) mass is 308 g/mol. The number of aryl methyl sites for hydroxylation is 1. The Morgan fingerprint density at radius 1 is 1.29 bits per heavy atom. The van der Waals surface area contributed by atoms with E-state index in [1.54, 1.807) is 0 Å². The number of benzene rings is 1. The number of likely N-dealkylation sites (tertiary alicyclic amines) is 1. The van der Waals surface area contributed by atoms with Gasteiger partial charge in [0, 0.05) is 31.0 Å². The van der Waals surface area contributed by atoms with Crippen LogP contribution < -0.4 is 5.73 Å². The molecule has 2 amide bonds. The fourth-order valence-electron chi connectivity index (χ4n) is 2.77. The summed E-state index contributed by atoms with van der Waals surface area (Å²) in [5, 5.41) is 0.701. The van der Waals surface area contributed by atoms with Crippen LogP contribution in [0.4, 0.5) is 0 Å². The number of hydrogen-bond acceptors (Lipinski definition) is 2. The fraction of sp³-hybridized carbons (Fsp3) is 0.500. The van der Waals surface area contributed by atoms with Crippen molar-refractivity contribution in [2.75, 3.05) is 13.1 Å². The maximum Gasteiger partial charge on any atom is 0.222 e. The summed E-state index contributed by atoms with van der Waals surface area (Å²) < 4.78 is 0. The summed E-state index contributed by atoms with van der Waals surface area (Å²) in [5.41, 5.74) is 6.29. The van der Waals surface area contributed by atoms with Crippen LogP contribution in [0.25, 0.3) is 0 Å². The van der Waals surface area contributed by atoms with Gasteiger partial charge in [-0.25, -0.2) is 0 Å². The molecule has 1 heterocycles. The van der Waals surface area contributed by atoms with Crippen LogP contribution in [0.2, 0.25) is 5.02 Å². The Kier molecular flexibility index (Phi) is 5.62. The van der Waals surface area contributed by atoms with Gasteiger partial charge in [-0.05, 0) is 42.9 Å². The number of piperidine rings is 1. The smallest absolute Gasteiger partial charge is 0.222 e. The molecule has 114 valence electrons. The van der Waals surface area contributed by atoms with Crippen molar-refractivity contribution in [1.29, 1.82) is 0 Å². The molecule has 0 spiro atoms. The fourth-order valence-corrected chi connectivity index (χ4v) is 2.99. The number of rotatable bonds is 5. The number of primary amides is 1. The SMILES string of the molecule is NC(=O)CC1CCN(C(=O)CCc2cccc(Cl)c2)CC1. The van der Waals surface area contributed by atoms with E-state index in [1.165, 1.54) is 0 Å². The van der Waals surface area contributed by atoms with Crippen molar-refractivity contribution in [2.24, 2.45) is 11.7 Å². The molecule has 0 aromatic heterocycles. The van der Waals surface area contributed by atoms with E-state index in [-0.39, 0.29) is 11.8 Å². The highest BCUT2D eigenvalue weighted by Gasteiger charge is 2.23. The number of halogens is 1. The maximum atomic E-state index is 12.2. The summed E-state index contributed by atoms with van der Waals surface area (Å²) in [6, 6.07) is 7.61. The first-order chi connectivity index (χ1) is 10.0. The van der Waals surface area contributed by atoms with Gasteiger partial charge in [-0.3, -0.25) is 9.59 Å². The summed E-state index contributed by atoms with van der Waals surface area (Å²) in [6.07, 6.45) is 3.38. The van der Waals surface area contributed by atoms with Gasteiger partial charge in [0.05, 0.1) is 0 Å². The molecular weight excluding hydrogens is 288 g/mol. The second-order valence-electron chi connectivity index (χ2n) is 5.62. The zero-order chi connectivity index (χ0) is 15.2. The van der Waals surface area contributed by atoms with Crippen LogP contribution in [0, 0.1) is 5.92 Å². The highest BCUT2D eigenvalue weighted by molar-refractivity contribution is 6.30. The van der Waals surface area contributed by atoms with E-state index in [2.05, 4.69) is 0 Å². The largest absolute Gasteiger partial charge is 0.370 e. The molecule has 1 fully saturated rings. The maximum absolute atomic E-state index is 12.2. The standard InChI is InChI=1S/C16H21ClN2O2/c17-14-3-1-2-12(10-14)4-5-16(21)19-8-6-13(7-9-19)11-15(18)20/h1-3,10,13H,4-9,11H2,(H2,18,20). The quantitative estimate of drug-likeness (QED) is 0.907. The molecule has 5 heteroatoms. The molecule has 0 radical (unpaired) electrons. The minimum Gasteiger partial charge on any atom is -0.370 e. The average molecular weight is 309 g/mol. The summed E-state index contributed by atoms with van der Waals surface area (Å²) in [4.78, 5) is 25.0. The lowest BCUT2D eigenvalue weighted by atomic mass is 9.93. The molecule has 1 saturated heterocycles. The highest BCUT2D eigenvalue weighted by atomic mass is 35.5. The number of hydrogen-bond donors (Lipinski definition) is 1. The second kappa shape index (κ2) is 7.46. The Hall–Kier alpha value is -1.55. The van der Waals surface area contributed by atoms with Crippen LogP contribution in [0.1, 0.15) is 31.2 Å². The molecule has 2 rings (SSSR count). The second-order valence-corrected chi connectivity index (χ2v) is 6.06. The molecule has 1 aromatic carbocycles. The van der Waals surface area contributed by atoms with E-state index in [0.29, 0.717) is 30.2 Å². The minimum absolute atomic E-state index is 0.174. The average Bonchev–Trinajstić information content (AvgIpc) is 2.45. The lowest BCUT2D eigenvalue weighted by Gasteiger charge is -2.31. The molecule has 21 heavy (non-hydrogen) atoms. The molecule has 1 aliphatic rings. The van der Waals surface area contributed by atoms with Crippen molar-refractivity contribution in [3.05, 3.63) is 34.9 Å². The van der Waals surface area contributed by atoms with Gasteiger partial charge >= 0.3 is 0 Å². The van der Waals surface area contributed by atoms with E-state index in [9.17, 15) is 9.59 Å².